The normalized spacial score (nSPS) is 12.8. The number of rotatable bonds is 4. The van der Waals surface area contributed by atoms with E-state index in [1.165, 1.54) is 11.3 Å². The van der Waals surface area contributed by atoms with Crippen LogP contribution in [0, 0.1) is 0 Å². The Labute approximate surface area is 147 Å². The minimum Gasteiger partial charge on any atom is -0.452 e. The van der Waals surface area contributed by atoms with Crippen LogP contribution in [0.5, 0.6) is 0 Å². The molecule has 0 aliphatic heterocycles. The number of aryl methyl sites for hydroxylation is 1. The molecule has 7 heteroatoms. The summed E-state index contributed by atoms with van der Waals surface area (Å²) in [5, 5.41) is 5.61. The maximum atomic E-state index is 12.7. The number of esters is 1. The van der Waals surface area contributed by atoms with Crippen molar-refractivity contribution in [1.82, 2.24) is 9.97 Å². The number of hydrogen-bond acceptors (Lipinski definition) is 6. The number of para-hydroxylation sites is 1. The molecule has 2 aromatic heterocycles. The Morgan fingerprint density at radius 1 is 1.24 bits per heavy atom. The number of pyridine rings is 1. The molecule has 0 unspecified atom stereocenters. The molecular weight excluding hydrogens is 338 g/mol. The van der Waals surface area contributed by atoms with Crippen molar-refractivity contribution in [3.63, 3.8) is 0 Å². The van der Waals surface area contributed by atoms with E-state index >= 15 is 0 Å². The van der Waals surface area contributed by atoms with Crippen molar-refractivity contribution in [2.45, 2.75) is 19.3 Å². The van der Waals surface area contributed by atoms with Gasteiger partial charge in [-0.05, 0) is 30.9 Å². The summed E-state index contributed by atoms with van der Waals surface area (Å²) in [6.07, 6.45) is 4.25. The molecule has 0 saturated carbocycles. The fourth-order valence-corrected chi connectivity index (χ4v) is 3.63. The highest BCUT2D eigenvalue weighted by molar-refractivity contribution is 7.13. The molecule has 0 atom stereocenters. The van der Waals surface area contributed by atoms with Crippen molar-refractivity contribution in [1.29, 1.82) is 0 Å². The highest BCUT2D eigenvalue weighted by Crippen LogP contribution is 2.30. The Morgan fingerprint density at radius 2 is 2.12 bits per heavy atom. The third kappa shape index (κ3) is 3.10. The average molecular weight is 353 g/mol. The number of benzene rings is 1. The van der Waals surface area contributed by atoms with Gasteiger partial charge in [-0.3, -0.25) is 15.1 Å². The van der Waals surface area contributed by atoms with Crippen LogP contribution >= 0.6 is 11.3 Å². The van der Waals surface area contributed by atoms with Crippen LogP contribution in [-0.2, 0) is 22.4 Å². The Bertz CT molecular complexity index is 954. The van der Waals surface area contributed by atoms with Crippen molar-refractivity contribution in [3.8, 4) is 0 Å². The van der Waals surface area contributed by atoms with Gasteiger partial charge in [0.1, 0.15) is 0 Å². The van der Waals surface area contributed by atoms with Crippen LogP contribution in [0.3, 0.4) is 0 Å². The van der Waals surface area contributed by atoms with Gasteiger partial charge in [0.25, 0.3) is 5.91 Å². The lowest BCUT2D eigenvalue weighted by Gasteiger charge is -2.12. The largest absolute Gasteiger partial charge is 0.452 e. The Morgan fingerprint density at radius 3 is 2.96 bits per heavy atom. The van der Waals surface area contributed by atoms with E-state index in [1.54, 1.807) is 11.6 Å². The van der Waals surface area contributed by atoms with Crippen LogP contribution < -0.4 is 5.32 Å². The average Bonchev–Trinajstić information content (AvgIpc) is 3.29. The number of nitrogens with zero attached hydrogens (tertiary/aromatic N) is 2. The second-order valence-corrected chi connectivity index (χ2v) is 6.64. The van der Waals surface area contributed by atoms with Crippen LogP contribution in [0.2, 0.25) is 0 Å². The number of anilines is 1. The second kappa shape index (κ2) is 6.60. The maximum Gasteiger partial charge on any atom is 0.339 e. The third-order valence-corrected chi connectivity index (χ3v) is 4.82. The molecule has 0 radical (unpaired) electrons. The predicted molar refractivity (Wildman–Crippen MR) is 94.8 cm³/mol. The summed E-state index contributed by atoms with van der Waals surface area (Å²) in [6.45, 7) is -0.343. The first kappa shape index (κ1) is 15.7. The van der Waals surface area contributed by atoms with E-state index in [-0.39, 0.29) is 6.61 Å². The van der Waals surface area contributed by atoms with E-state index in [2.05, 4.69) is 15.3 Å². The summed E-state index contributed by atoms with van der Waals surface area (Å²) in [6, 6.07) is 7.53. The van der Waals surface area contributed by atoms with Crippen molar-refractivity contribution < 1.29 is 14.3 Å². The zero-order valence-corrected chi connectivity index (χ0v) is 14.1. The quantitative estimate of drug-likeness (QED) is 0.729. The Balaban J connectivity index is 1.57. The number of aromatic nitrogens is 2. The first-order valence-corrected chi connectivity index (χ1v) is 8.87. The molecule has 126 valence electrons. The minimum atomic E-state index is -0.481. The molecule has 1 aromatic carbocycles. The lowest BCUT2D eigenvalue weighted by Crippen LogP contribution is -2.21. The van der Waals surface area contributed by atoms with Crippen molar-refractivity contribution in [3.05, 3.63) is 52.7 Å². The van der Waals surface area contributed by atoms with Gasteiger partial charge >= 0.3 is 5.97 Å². The summed E-state index contributed by atoms with van der Waals surface area (Å²) in [5.74, 6) is -0.885. The molecule has 0 saturated heterocycles. The van der Waals surface area contributed by atoms with E-state index in [4.69, 9.17) is 4.74 Å². The van der Waals surface area contributed by atoms with Gasteiger partial charge in [0.2, 0.25) is 0 Å². The van der Waals surface area contributed by atoms with Crippen LogP contribution in [0.15, 0.2) is 35.8 Å². The zero-order valence-electron chi connectivity index (χ0n) is 13.3. The van der Waals surface area contributed by atoms with E-state index in [0.29, 0.717) is 10.7 Å². The molecule has 1 N–H and O–H groups in total. The maximum absolute atomic E-state index is 12.7. The van der Waals surface area contributed by atoms with Crippen molar-refractivity contribution in [2.75, 3.05) is 11.9 Å². The van der Waals surface area contributed by atoms with Crippen LogP contribution in [0.4, 0.5) is 5.13 Å². The van der Waals surface area contributed by atoms with Crippen LogP contribution in [0.1, 0.15) is 28.0 Å². The summed E-state index contributed by atoms with van der Waals surface area (Å²) >= 11 is 1.31. The summed E-state index contributed by atoms with van der Waals surface area (Å²) < 4.78 is 5.27. The first-order valence-electron chi connectivity index (χ1n) is 7.99. The standard InChI is InChI=1S/C18H15N3O3S/c22-15(21-18-19-8-9-25-18)10-24-17(23)16-11-4-1-2-6-13(11)20-14-7-3-5-12(14)16/h1-2,4,6,8-9H,3,5,7,10H2,(H,19,21,22). The van der Waals surface area contributed by atoms with Gasteiger partial charge in [-0.1, -0.05) is 18.2 Å². The van der Waals surface area contributed by atoms with Gasteiger partial charge in [-0.25, -0.2) is 9.78 Å². The van der Waals surface area contributed by atoms with E-state index < -0.39 is 11.9 Å². The van der Waals surface area contributed by atoms with Gasteiger partial charge < -0.3 is 4.74 Å². The molecule has 0 bridgehead atoms. The number of thiazole rings is 1. The SMILES string of the molecule is O=C(COC(=O)c1c2c(nc3ccccc13)CCC2)Nc1nccs1. The number of amides is 1. The predicted octanol–water partition coefficient (Wildman–Crippen LogP) is 2.98. The minimum absolute atomic E-state index is 0.343. The van der Waals surface area contributed by atoms with Gasteiger partial charge in [0.15, 0.2) is 11.7 Å². The lowest BCUT2D eigenvalue weighted by atomic mass is 10.0. The van der Waals surface area contributed by atoms with E-state index in [9.17, 15) is 9.59 Å². The van der Waals surface area contributed by atoms with Crippen LogP contribution in [0.25, 0.3) is 10.9 Å². The molecule has 4 rings (SSSR count). The molecule has 6 nitrogen and oxygen atoms in total. The number of nitrogens with one attached hydrogen (secondary N) is 1. The third-order valence-electron chi connectivity index (χ3n) is 4.14. The fraction of sp³-hybridized carbons (Fsp3) is 0.222. The number of carbonyl (C=O) groups excluding carboxylic acids is 2. The molecule has 1 aliphatic rings. The van der Waals surface area contributed by atoms with E-state index in [0.717, 1.165) is 41.4 Å². The molecule has 0 spiro atoms. The molecule has 1 amide bonds. The molecule has 2 heterocycles. The number of hydrogen-bond donors (Lipinski definition) is 1. The summed E-state index contributed by atoms with van der Waals surface area (Å²) in [5.41, 5.74) is 3.23. The molecular formula is C18H15N3O3S. The number of ether oxygens (including phenoxy) is 1. The highest BCUT2D eigenvalue weighted by atomic mass is 32.1. The highest BCUT2D eigenvalue weighted by Gasteiger charge is 2.25. The molecule has 25 heavy (non-hydrogen) atoms. The van der Waals surface area contributed by atoms with E-state index in [1.807, 2.05) is 24.3 Å². The van der Waals surface area contributed by atoms with Gasteiger partial charge in [-0.15, -0.1) is 11.3 Å². The van der Waals surface area contributed by atoms with Gasteiger partial charge in [0, 0.05) is 22.7 Å². The smallest absolute Gasteiger partial charge is 0.339 e. The zero-order chi connectivity index (χ0) is 17.2. The van der Waals surface area contributed by atoms with Crippen molar-refractivity contribution >= 4 is 39.2 Å². The number of fused-ring (bicyclic) bond motifs is 2. The van der Waals surface area contributed by atoms with Crippen molar-refractivity contribution in [2.24, 2.45) is 0 Å². The van der Waals surface area contributed by atoms with Gasteiger partial charge in [0.05, 0.1) is 11.1 Å². The summed E-state index contributed by atoms with van der Waals surface area (Å²) in [7, 11) is 0. The Hall–Kier alpha value is -2.80. The monoisotopic (exact) mass is 353 g/mol. The molecule has 3 aromatic rings. The lowest BCUT2D eigenvalue weighted by molar-refractivity contribution is -0.119. The fourth-order valence-electron chi connectivity index (χ4n) is 3.09. The van der Waals surface area contributed by atoms with Gasteiger partial charge in [-0.2, -0.15) is 0 Å². The first-order chi connectivity index (χ1) is 12.2. The topological polar surface area (TPSA) is 81.2 Å². The Kier molecular flexibility index (Phi) is 4.15. The number of carbonyl (C=O) groups is 2. The second-order valence-electron chi connectivity index (χ2n) is 5.74. The van der Waals surface area contributed by atoms with Crippen LogP contribution in [-0.4, -0.2) is 28.5 Å². The molecule has 0 fully saturated rings. The summed E-state index contributed by atoms with van der Waals surface area (Å²) in [4.78, 5) is 33.2. The molecule has 1 aliphatic carbocycles.